The average Bonchev–Trinajstić information content (AvgIpc) is 3.09. The molecule has 0 heterocycles. The number of allylic oxidation sites excluding steroid dienone is 12. The maximum Gasteiger partial charge on any atom is 0.472 e. The Balaban J connectivity index is 4.42. The number of hydrogen-bond acceptors (Lipinski definition) is 6. The molecule has 52 heavy (non-hydrogen) atoms. The fourth-order valence-electron chi connectivity index (χ4n) is 4.87. The number of likely N-dealkylation sites (N-methyl/N-ethyl adjacent to an activating group) is 1. The fourth-order valence-corrected chi connectivity index (χ4v) is 5.62. The number of ether oxygens (including phenoxy) is 2. The highest BCUT2D eigenvalue weighted by Gasteiger charge is 2.26. The van der Waals surface area contributed by atoms with Crippen molar-refractivity contribution in [1.82, 2.24) is 0 Å². The molecule has 0 saturated carbocycles. The quantitative estimate of drug-likeness (QED) is 0.0224. The van der Waals surface area contributed by atoms with E-state index in [1.54, 1.807) is 0 Å². The van der Waals surface area contributed by atoms with Gasteiger partial charge in [-0.15, -0.1) is 0 Å². The van der Waals surface area contributed by atoms with Crippen LogP contribution in [0.2, 0.25) is 0 Å². The van der Waals surface area contributed by atoms with E-state index in [1.165, 1.54) is 57.8 Å². The minimum Gasteiger partial charge on any atom is -0.457 e. The zero-order chi connectivity index (χ0) is 38.4. The summed E-state index contributed by atoms with van der Waals surface area (Å²) in [6.07, 6.45) is 45.1. The Morgan fingerprint density at radius 3 is 1.69 bits per heavy atom. The van der Waals surface area contributed by atoms with Crippen molar-refractivity contribution in [2.75, 3.05) is 54.1 Å². The van der Waals surface area contributed by atoms with E-state index >= 15 is 0 Å². The average molecular weight is 751 g/mol. The first-order valence-electron chi connectivity index (χ1n) is 20.2. The standard InChI is InChI=1S/C43H76NO7P/c1-6-8-10-12-14-16-18-20-21-22-23-24-26-28-30-32-34-36-43(45)51-42(41-50-52(46,47)49-39-37-44(3,4)5)40-48-38-35-33-31-29-27-25-19-17-15-13-11-9-7-2/h8,10,14-17,20-21,23-24,28,30,42H,6-7,9,11-13,18-19,22,25-27,29,31-41H2,1-5H3/p+1/b10-8-,16-14-,17-15-,21-20-,24-23-,30-28-. The molecule has 0 fully saturated rings. The molecular formula is C43H77NO7P+. The lowest BCUT2D eigenvalue weighted by Crippen LogP contribution is -2.37. The van der Waals surface area contributed by atoms with E-state index < -0.39 is 13.9 Å². The highest BCUT2D eigenvalue weighted by atomic mass is 31.2. The molecule has 0 aromatic heterocycles. The van der Waals surface area contributed by atoms with Gasteiger partial charge in [-0.25, -0.2) is 4.57 Å². The number of quaternary nitrogens is 1. The normalized spacial score (nSPS) is 14.7. The van der Waals surface area contributed by atoms with Crippen LogP contribution in [0.1, 0.15) is 136 Å². The molecule has 0 radical (unpaired) electrons. The van der Waals surface area contributed by atoms with Crippen LogP contribution in [0.3, 0.4) is 0 Å². The lowest BCUT2D eigenvalue weighted by atomic mass is 10.1. The van der Waals surface area contributed by atoms with Crippen molar-refractivity contribution in [2.24, 2.45) is 0 Å². The number of unbranched alkanes of at least 4 members (excludes halogenated alkanes) is 10. The SMILES string of the molecule is CC/C=C\C/C=C\C/C=C\C/C=C\C/C=C\CCCC(=O)OC(COCCCCCCCC/C=C\CCCCC)COP(=O)(O)OCC[N+](C)(C)C. The Hall–Kier alpha value is -2.06. The van der Waals surface area contributed by atoms with Gasteiger partial charge in [-0.05, 0) is 77.0 Å². The number of phosphoric acid groups is 1. The number of carbonyl (C=O) groups is 1. The van der Waals surface area contributed by atoms with Gasteiger partial charge in [-0.3, -0.25) is 13.8 Å². The van der Waals surface area contributed by atoms with Gasteiger partial charge >= 0.3 is 13.8 Å². The molecule has 0 amide bonds. The zero-order valence-corrected chi connectivity index (χ0v) is 34.7. The smallest absolute Gasteiger partial charge is 0.457 e. The van der Waals surface area contributed by atoms with Crippen molar-refractivity contribution in [1.29, 1.82) is 0 Å². The molecule has 0 rings (SSSR count). The molecule has 2 unspecified atom stereocenters. The summed E-state index contributed by atoms with van der Waals surface area (Å²) in [5.41, 5.74) is 0. The van der Waals surface area contributed by atoms with Crippen LogP contribution in [0.4, 0.5) is 0 Å². The summed E-state index contributed by atoms with van der Waals surface area (Å²) < 4.78 is 34.8. The summed E-state index contributed by atoms with van der Waals surface area (Å²) in [6.45, 7) is 5.36. The summed E-state index contributed by atoms with van der Waals surface area (Å²) in [6, 6.07) is 0. The van der Waals surface area contributed by atoms with E-state index in [0.29, 0.717) is 24.1 Å². The van der Waals surface area contributed by atoms with E-state index in [9.17, 15) is 14.3 Å². The van der Waals surface area contributed by atoms with E-state index in [4.69, 9.17) is 18.5 Å². The van der Waals surface area contributed by atoms with Crippen LogP contribution < -0.4 is 0 Å². The number of rotatable bonds is 36. The molecule has 0 aliphatic heterocycles. The summed E-state index contributed by atoms with van der Waals surface area (Å²) >= 11 is 0. The largest absolute Gasteiger partial charge is 0.472 e. The Morgan fingerprint density at radius 1 is 0.615 bits per heavy atom. The third kappa shape index (κ3) is 39.2. The molecule has 300 valence electrons. The summed E-state index contributed by atoms with van der Waals surface area (Å²) in [4.78, 5) is 22.8. The third-order valence-electron chi connectivity index (χ3n) is 8.00. The van der Waals surface area contributed by atoms with Crippen LogP contribution in [-0.4, -0.2) is 75.6 Å². The molecular weight excluding hydrogens is 673 g/mol. The monoisotopic (exact) mass is 751 g/mol. The summed E-state index contributed by atoms with van der Waals surface area (Å²) in [7, 11) is 1.61. The van der Waals surface area contributed by atoms with Gasteiger partial charge in [-0.1, -0.05) is 125 Å². The van der Waals surface area contributed by atoms with Crippen molar-refractivity contribution >= 4 is 13.8 Å². The van der Waals surface area contributed by atoms with E-state index in [-0.39, 0.29) is 32.2 Å². The Kier molecular flexibility index (Phi) is 34.5. The molecule has 0 aliphatic carbocycles. The topological polar surface area (TPSA) is 91.3 Å². The van der Waals surface area contributed by atoms with E-state index in [0.717, 1.165) is 51.4 Å². The predicted molar refractivity (Wildman–Crippen MR) is 219 cm³/mol. The second kappa shape index (κ2) is 35.9. The molecule has 8 nitrogen and oxygen atoms in total. The number of phosphoric ester groups is 1. The molecule has 0 saturated heterocycles. The molecule has 2 atom stereocenters. The summed E-state index contributed by atoms with van der Waals surface area (Å²) in [5.74, 6) is -0.376. The second-order valence-corrected chi connectivity index (χ2v) is 15.7. The van der Waals surface area contributed by atoms with Gasteiger partial charge in [0.1, 0.15) is 19.3 Å². The van der Waals surface area contributed by atoms with Crippen LogP contribution in [0.5, 0.6) is 0 Å². The van der Waals surface area contributed by atoms with Gasteiger partial charge in [0, 0.05) is 13.0 Å². The number of carbonyl (C=O) groups excluding carboxylic acids is 1. The zero-order valence-electron chi connectivity index (χ0n) is 33.8. The van der Waals surface area contributed by atoms with Gasteiger partial charge in [0.05, 0.1) is 34.4 Å². The summed E-state index contributed by atoms with van der Waals surface area (Å²) in [5, 5.41) is 0. The first-order chi connectivity index (χ1) is 25.1. The first-order valence-corrected chi connectivity index (χ1v) is 21.7. The van der Waals surface area contributed by atoms with Crippen molar-refractivity contribution in [3.8, 4) is 0 Å². The molecule has 0 spiro atoms. The predicted octanol–water partition coefficient (Wildman–Crippen LogP) is 11.5. The first kappa shape index (κ1) is 49.9. The Labute approximate surface area is 319 Å². The molecule has 0 aromatic rings. The minimum absolute atomic E-state index is 0.0732. The van der Waals surface area contributed by atoms with Crippen molar-refractivity contribution in [3.63, 3.8) is 0 Å². The number of nitrogens with zero attached hydrogens (tertiary/aromatic N) is 1. The van der Waals surface area contributed by atoms with Gasteiger partial charge in [0.15, 0.2) is 0 Å². The molecule has 9 heteroatoms. The van der Waals surface area contributed by atoms with Gasteiger partial charge in [0.25, 0.3) is 0 Å². The lowest BCUT2D eigenvalue weighted by molar-refractivity contribution is -0.870. The van der Waals surface area contributed by atoms with Crippen LogP contribution in [0, 0.1) is 0 Å². The molecule has 1 N–H and O–H groups in total. The third-order valence-corrected chi connectivity index (χ3v) is 8.99. The van der Waals surface area contributed by atoms with Crippen LogP contribution in [0.25, 0.3) is 0 Å². The van der Waals surface area contributed by atoms with Gasteiger partial charge in [0.2, 0.25) is 0 Å². The molecule has 0 aromatic carbocycles. The van der Waals surface area contributed by atoms with Crippen LogP contribution >= 0.6 is 7.82 Å². The maximum atomic E-state index is 12.6. The highest BCUT2D eigenvalue weighted by molar-refractivity contribution is 7.47. The van der Waals surface area contributed by atoms with Crippen molar-refractivity contribution in [3.05, 3.63) is 72.9 Å². The Morgan fingerprint density at radius 2 is 1.12 bits per heavy atom. The fraction of sp³-hybridized carbons (Fsp3) is 0.698. The lowest BCUT2D eigenvalue weighted by Gasteiger charge is -2.24. The maximum absolute atomic E-state index is 12.6. The van der Waals surface area contributed by atoms with E-state index in [1.807, 2.05) is 21.1 Å². The molecule has 0 aliphatic rings. The van der Waals surface area contributed by atoms with E-state index in [2.05, 4.69) is 86.8 Å². The minimum atomic E-state index is -4.29. The van der Waals surface area contributed by atoms with Crippen molar-refractivity contribution in [2.45, 2.75) is 142 Å². The highest BCUT2D eigenvalue weighted by Crippen LogP contribution is 2.43. The number of hydrogen-bond donors (Lipinski definition) is 1. The number of esters is 1. The second-order valence-electron chi connectivity index (χ2n) is 14.3. The van der Waals surface area contributed by atoms with Gasteiger partial charge < -0.3 is 18.9 Å². The van der Waals surface area contributed by atoms with Gasteiger partial charge in [-0.2, -0.15) is 0 Å². The van der Waals surface area contributed by atoms with Crippen molar-refractivity contribution < 1.29 is 37.3 Å². The molecule has 0 bridgehead atoms. The Bertz CT molecular complexity index is 1060. The van der Waals surface area contributed by atoms with Crippen LogP contribution in [-0.2, 0) is 27.9 Å². The van der Waals surface area contributed by atoms with Crippen LogP contribution in [0.15, 0.2) is 72.9 Å².